The van der Waals surface area contributed by atoms with E-state index in [1.807, 2.05) is 25.1 Å². The van der Waals surface area contributed by atoms with Gasteiger partial charge in [0.05, 0.1) is 7.11 Å². The van der Waals surface area contributed by atoms with Crippen LogP contribution >= 0.6 is 0 Å². The summed E-state index contributed by atoms with van der Waals surface area (Å²) in [5.74, 6) is 1.02. The highest BCUT2D eigenvalue weighted by atomic mass is 16.5. The smallest absolute Gasteiger partial charge is 0.219 e. The summed E-state index contributed by atoms with van der Waals surface area (Å²) < 4.78 is 5.39. The zero-order chi connectivity index (χ0) is 14.4. The molecule has 0 spiro atoms. The Bertz CT molecular complexity index is 593. The Labute approximate surface area is 119 Å². The molecule has 106 valence electrons. The number of rotatable bonds is 6. The van der Waals surface area contributed by atoms with Gasteiger partial charge < -0.3 is 10.1 Å². The number of benzene rings is 2. The van der Waals surface area contributed by atoms with Crippen molar-refractivity contribution in [3.8, 4) is 5.75 Å². The third kappa shape index (κ3) is 3.29. The van der Waals surface area contributed by atoms with Crippen molar-refractivity contribution in [2.75, 3.05) is 13.7 Å². The lowest BCUT2D eigenvalue weighted by atomic mass is 10.0. The van der Waals surface area contributed by atoms with Gasteiger partial charge in [-0.25, -0.2) is 0 Å². The molecule has 1 N–H and O–H groups in total. The number of carbonyl (C=O) groups is 1. The van der Waals surface area contributed by atoms with Gasteiger partial charge in [-0.05, 0) is 29.9 Å². The van der Waals surface area contributed by atoms with Gasteiger partial charge in [0.1, 0.15) is 5.75 Å². The van der Waals surface area contributed by atoms with E-state index < -0.39 is 0 Å². The van der Waals surface area contributed by atoms with E-state index in [1.54, 1.807) is 7.11 Å². The van der Waals surface area contributed by atoms with Crippen LogP contribution in [0.15, 0.2) is 36.4 Å². The Balaban J connectivity index is 2.13. The van der Waals surface area contributed by atoms with Gasteiger partial charge in [0.2, 0.25) is 5.91 Å². The average Bonchev–Trinajstić information content (AvgIpc) is 2.47. The number of carbonyl (C=O) groups excluding carboxylic acids is 1. The number of fused-ring (bicyclic) bond motifs is 1. The molecule has 2 aromatic carbocycles. The largest absolute Gasteiger partial charge is 0.496 e. The SMILES string of the molecule is CCCC(=O)NCCc1ccc(OC)c2ccccc12. The zero-order valence-corrected chi connectivity index (χ0v) is 12.1. The van der Waals surface area contributed by atoms with E-state index in [-0.39, 0.29) is 5.91 Å². The summed E-state index contributed by atoms with van der Waals surface area (Å²) >= 11 is 0. The molecule has 3 heteroatoms. The highest BCUT2D eigenvalue weighted by Crippen LogP contribution is 2.28. The molecule has 0 aliphatic heterocycles. The molecule has 0 aromatic heterocycles. The normalized spacial score (nSPS) is 10.5. The number of ether oxygens (including phenoxy) is 1. The third-order valence-electron chi connectivity index (χ3n) is 3.39. The molecule has 0 bridgehead atoms. The first-order valence-corrected chi connectivity index (χ1v) is 7.07. The van der Waals surface area contributed by atoms with Gasteiger partial charge in [-0.3, -0.25) is 4.79 Å². The van der Waals surface area contributed by atoms with Crippen LogP contribution in [0.2, 0.25) is 0 Å². The molecule has 0 atom stereocenters. The second-order valence-corrected chi connectivity index (χ2v) is 4.82. The predicted octanol–water partition coefficient (Wildman–Crippen LogP) is 3.31. The van der Waals surface area contributed by atoms with Crippen LogP contribution in [0.4, 0.5) is 0 Å². The van der Waals surface area contributed by atoms with Crippen LogP contribution in [0.5, 0.6) is 5.75 Å². The number of hydrogen-bond acceptors (Lipinski definition) is 2. The number of nitrogens with one attached hydrogen (secondary N) is 1. The lowest BCUT2D eigenvalue weighted by Gasteiger charge is -2.11. The molecule has 0 unspecified atom stereocenters. The molecule has 1 amide bonds. The van der Waals surface area contributed by atoms with E-state index in [4.69, 9.17) is 4.74 Å². The molecular formula is C17H21NO2. The Morgan fingerprint density at radius 1 is 1.15 bits per heavy atom. The van der Waals surface area contributed by atoms with Gasteiger partial charge >= 0.3 is 0 Å². The summed E-state index contributed by atoms with van der Waals surface area (Å²) in [6, 6.07) is 12.3. The zero-order valence-electron chi connectivity index (χ0n) is 12.1. The standard InChI is InChI=1S/C17H21NO2/c1-3-6-17(19)18-12-11-13-9-10-16(20-2)15-8-5-4-7-14(13)15/h4-5,7-10H,3,6,11-12H2,1-2H3,(H,18,19). The van der Waals surface area contributed by atoms with Gasteiger partial charge in [0.15, 0.2) is 0 Å². The third-order valence-corrected chi connectivity index (χ3v) is 3.39. The van der Waals surface area contributed by atoms with Crippen molar-refractivity contribution in [2.24, 2.45) is 0 Å². The highest BCUT2D eigenvalue weighted by Gasteiger charge is 2.06. The molecule has 0 aliphatic rings. The first kappa shape index (κ1) is 14.4. The lowest BCUT2D eigenvalue weighted by molar-refractivity contribution is -0.121. The van der Waals surface area contributed by atoms with Crippen LogP contribution in [-0.4, -0.2) is 19.6 Å². The Kier molecular flexibility index (Phi) is 4.99. The molecule has 0 heterocycles. The maximum absolute atomic E-state index is 11.5. The van der Waals surface area contributed by atoms with Crippen LogP contribution in [-0.2, 0) is 11.2 Å². The summed E-state index contributed by atoms with van der Waals surface area (Å²) in [5.41, 5.74) is 1.23. The second-order valence-electron chi connectivity index (χ2n) is 4.82. The van der Waals surface area contributed by atoms with Crippen molar-refractivity contribution in [3.63, 3.8) is 0 Å². The van der Waals surface area contributed by atoms with Crippen LogP contribution < -0.4 is 10.1 Å². The summed E-state index contributed by atoms with van der Waals surface area (Å²) in [7, 11) is 1.69. The fourth-order valence-corrected chi connectivity index (χ4v) is 2.38. The fourth-order valence-electron chi connectivity index (χ4n) is 2.38. The van der Waals surface area contributed by atoms with Crippen molar-refractivity contribution in [1.29, 1.82) is 0 Å². The molecule has 0 fully saturated rings. The average molecular weight is 271 g/mol. The van der Waals surface area contributed by atoms with Crippen molar-refractivity contribution in [1.82, 2.24) is 5.32 Å². The molecule has 20 heavy (non-hydrogen) atoms. The molecule has 0 radical (unpaired) electrons. The molecule has 2 aromatic rings. The van der Waals surface area contributed by atoms with Crippen LogP contribution in [0.1, 0.15) is 25.3 Å². The van der Waals surface area contributed by atoms with E-state index >= 15 is 0 Å². The van der Waals surface area contributed by atoms with Gasteiger partial charge in [0.25, 0.3) is 0 Å². The Morgan fingerprint density at radius 3 is 2.60 bits per heavy atom. The van der Waals surface area contributed by atoms with Crippen LogP contribution in [0.3, 0.4) is 0 Å². The van der Waals surface area contributed by atoms with Gasteiger partial charge in [-0.1, -0.05) is 37.3 Å². The van der Waals surface area contributed by atoms with Crippen LogP contribution in [0.25, 0.3) is 10.8 Å². The molecular weight excluding hydrogens is 250 g/mol. The van der Waals surface area contributed by atoms with E-state index in [0.29, 0.717) is 13.0 Å². The number of methoxy groups -OCH3 is 1. The second kappa shape index (κ2) is 6.94. The Morgan fingerprint density at radius 2 is 1.90 bits per heavy atom. The summed E-state index contributed by atoms with van der Waals surface area (Å²) in [5, 5.41) is 5.26. The maximum Gasteiger partial charge on any atom is 0.219 e. The van der Waals surface area contributed by atoms with Crippen molar-refractivity contribution in [2.45, 2.75) is 26.2 Å². The van der Waals surface area contributed by atoms with E-state index in [9.17, 15) is 4.79 Å². The monoisotopic (exact) mass is 271 g/mol. The molecule has 0 aliphatic carbocycles. The van der Waals surface area contributed by atoms with Crippen molar-refractivity contribution in [3.05, 3.63) is 42.0 Å². The number of hydrogen-bond donors (Lipinski definition) is 1. The first-order chi connectivity index (χ1) is 9.76. The maximum atomic E-state index is 11.5. The minimum Gasteiger partial charge on any atom is -0.496 e. The van der Waals surface area contributed by atoms with Gasteiger partial charge in [-0.15, -0.1) is 0 Å². The van der Waals surface area contributed by atoms with Crippen molar-refractivity contribution >= 4 is 16.7 Å². The minimum absolute atomic E-state index is 0.130. The molecule has 2 rings (SSSR count). The predicted molar refractivity (Wildman–Crippen MR) is 82.1 cm³/mol. The topological polar surface area (TPSA) is 38.3 Å². The van der Waals surface area contributed by atoms with Crippen LogP contribution in [0, 0.1) is 0 Å². The summed E-state index contributed by atoms with van der Waals surface area (Å²) in [4.78, 5) is 11.5. The quantitative estimate of drug-likeness (QED) is 0.875. The summed E-state index contributed by atoms with van der Waals surface area (Å²) in [6.45, 7) is 2.69. The van der Waals surface area contributed by atoms with Crippen molar-refractivity contribution < 1.29 is 9.53 Å². The van der Waals surface area contributed by atoms with E-state index in [2.05, 4.69) is 23.5 Å². The summed E-state index contributed by atoms with van der Waals surface area (Å²) in [6.07, 6.45) is 2.32. The molecule has 0 saturated heterocycles. The first-order valence-electron chi connectivity index (χ1n) is 7.07. The minimum atomic E-state index is 0.130. The van der Waals surface area contributed by atoms with Gasteiger partial charge in [0, 0.05) is 18.4 Å². The van der Waals surface area contributed by atoms with Gasteiger partial charge in [-0.2, -0.15) is 0 Å². The lowest BCUT2D eigenvalue weighted by Crippen LogP contribution is -2.25. The Hall–Kier alpha value is -2.03. The molecule has 0 saturated carbocycles. The highest BCUT2D eigenvalue weighted by molar-refractivity contribution is 5.91. The van der Waals surface area contributed by atoms with E-state index in [0.717, 1.165) is 24.0 Å². The van der Waals surface area contributed by atoms with E-state index in [1.165, 1.54) is 10.9 Å². The molecule has 3 nitrogen and oxygen atoms in total. The fraction of sp³-hybridized carbons (Fsp3) is 0.353. The number of amides is 1.